The van der Waals surface area contributed by atoms with E-state index in [1.54, 1.807) is 0 Å². The number of ether oxygens (including phenoxy) is 1. The molecule has 18 heavy (non-hydrogen) atoms. The Morgan fingerprint density at radius 1 is 1.56 bits per heavy atom. The number of aromatic hydroxyl groups is 1. The van der Waals surface area contributed by atoms with E-state index in [-0.39, 0.29) is 17.9 Å². The second-order valence-corrected chi connectivity index (χ2v) is 4.25. The third kappa shape index (κ3) is 4.52. The minimum atomic E-state index is -0.617. The Kier molecular flexibility index (Phi) is 5.91. The lowest BCUT2D eigenvalue weighted by Crippen LogP contribution is -2.28. The van der Waals surface area contributed by atoms with Crippen LogP contribution in [0.2, 0.25) is 5.02 Å². The van der Waals surface area contributed by atoms with Crippen molar-refractivity contribution in [3.63, 3.8) is 0 Å². The molecule has 0 saturated carbocycles. The molecule has 6 heteroatoms. The van der Waals surface area contributed by atoms with E-state index in [1.807, 2.05) is 0 Å². The largest absolute Gasteiger partial charge is 0.507 e. The van der Waals surface area contributed by atoms with Crippen LogP contribution in [0.3, 0.4) is 0 Å². The average Bonchev–Trinajstić information content (AvgIpc) is 2.29. The fraction of sp³-hybridized carbons (Fsp3) is 0.417. The molecule has 3 N–H and O–H groups in total. The van der Waals surface area contributed by atoms with Gasteiger partial charge in [-0.2, -0.15) is 0 Å². The smallest absolute Gasteiger partial charge is 0.255 e. The first-order valence-corrected chi connectivity index (χ1v) is 5.86. The van der Waals surface area contributed by atoms with Crippen molar-refractivity contribution < 1.29 is 19.7 Å². The van der Waals surface area contributed by atoms with E-state index >= 15 is 0 Å². The highest BCUT2D eigenvalue weighted by Gasteiger charge is 2.11. The fourth-order valence-corrected chi connectivity index (χ4v) is 1.59. The van der Waals surface area contributed by atoms with Crippen LogP contribution in [0.15, 0.2) is 18.2 Å². The molecule has 1 aromatic rings. The highest BCUT2D eigenvalue weighted by molar-refractivity contribution is 6.30. The number of rotatable bonds is 6. The first-order chi connectivity index (χ1) is 8.54. The number of halogens is 1. The molecule has 1 aromatic carbocycles. The molecule has 0 aliphatic carbocycles. The van der Waals surface area contributed by atoms with Crippen molar-refractivity contribution in [3.8, 4) is 5.75 Å². The van der Waals surface area contributed by atoms with Crippen LogP contribution >= 0.6 is 11.6 Å². The van der Waals surface area contributed by atoms with Crippen LogP contribution in [0.25, 0.3) is 0 Å². The summed E-state index contributed by atoms with van der Waals surface area (Å²) in [4.78, 5) is 11.7. The monoisotopic (exact) mass is 273 g/mol. The maximum atomic E-state index is 11.7. The number of nitrogens with one attached hydrogen (secondary N) is 1. The Morgan fingerprint density at radius 3 is 2.89 bits per heavy atom. The highest BCUT2D eigenvalue weighted by Crippen LogP contribution is 2.21. The summed E-state index contributed by atoms with van der Waals surface area (Å²) in [5.74, 6) is -0.578. The fourth-order valence-electron chi connectivity index (χ4n) is 1.42. The molecular formula is C12H16ClNO4. The van der Waals surface area contributed by atoms with Gasteiger partial charge in [0.15, 0.2) is 0 Å². The number of hydrogen-bond donors (Lipinski definition) is 3. The van der Waals surface area contributed by atoms with Gasteiger partial charge in [0.05, 0.1) is 18.3 Å². The van der Waals surface area contributed by atoms with Crippen LogP contribution in [0.4, 0.5) is 0 Å². The maximum Gasteiger partial charge on any atom is 0.255 e. The summed E-state index contributed by atoms with van der Waals surface area (Å²) < 4.78 is 4.76. The van der Waals surface area contributed by atoms with Crippen LogP contribution in [0.5, 0.6) is 5.75 Å². The summed E-state index contributed by atoms with van der Waals surface area (Å²) in [5.41, 5.74) is 0.153. The van der Waals surface area contributed by atoms with Gasteiger partial charge < -0.3 is 20.3 Å². The van der Waals surface area contributed by atoms with Crippen molar-refractivity contribution in [2.75, 3.05) is 20.3 Å². The lowest BCUT2D eigenvalue weighted by atomic mass is 10.2. The highest BCUT2D eigenvalue weighted by atomic mass is 35.5. The Bertz CT molecular complexity index is 411. The van der Waals surface area contributed by atoms with Gasteiger partial charge in [-0.15, -0.1) is 0 Å². The summed E-state index contributed by atoms with van der Waals surface area (Å²) in [6.07, 6.45) is -0.234. The SMILES string of the molecule is COCC(O)CCNC(=O)c1ccc(Cl)cc1O. The summed E-state index contributed by atoms with van der Waals surface area (Å²) >= 11 is 5.66. The zero-order valence-electron chi connectivity index (χ0n) is 10.0. The Labute approximate surface area is 110 Å². The molecule has 0 fully saturated rings. The molecule has 100 valence electrons. The molecule has 0 heterocycles. The number of phenols is 1. The number of amides is 1. The van der Waals surface area contributed by atoms with Gasteiger partial charge in [0.2, 0.25) is 0 Å². The molecule has 5 nitrogen and oxygen atoms in total. The third-order valence-corrected chi connectivity index (χ3v) is 2.56. The molecular weight excluding hydrogens is 258 g/mol. The van der Waals surface area contributed by atoms with Crippen molar-refractivity contribution in [1.29, 1.82) is 0 Å². The Morgan fingerprint density at radius 2 is 2.28 bits per heavy atom. The molecule has 1 amide bonds. The number of aliphatic hydroxyl groups excluding tert-OH is 1. The number of aliphatic hydroxyl groups is 1. The second kappa shape index (κ2) is 7.20. The summed E-state index contributed by atoms with van der Waals surface area (Å²) in [6, 6.07) is 4.27. The van der Waals surface area contributed by atoms with Crippen molar-refractivity contribution in [2.24, 2.45) is 0 Å². The summed E-state index contributed by atoms with van der Waals surface area (Å²) in [5, 5.41) is 21.9. The van der Waals surface area contributed by atoms with Crippen molar-refractivity contribution in [2.45, 2.75) is 12.5 Å². The van der Waals surface area contributed by atoms with Crippen molar-refractivity contribution in [1.82, 2.24) is 5.32 Å². The summed E-state index contributed by atoms with van der Waals surface area (Å²) in [6.45, 7) is 0.521. The second-order valence-electron chi connectivity index (χ2n) is 3.82. The van der Waals surface area contributed by atoms with Crippen molar-refractivity contribution >= 4 is 17.5 Å². The zero-order valence-corrected chi connectivity index (χ0v) is 10.8. The normalized spacial score (nSPS) is 12.2. The first-order valence-electron chi connectivity index (χ1n) is 5.48. The van der Waals surface area contributed by atoms with E-state index in [0.717, 1.165) is 0 Å². The number of hydrogen-bond acceptors (Lipinski definition) is 4. The predicted octanol–water partition coefficient (Wildman–Crippen LogP) is 1.17. The van der Waals surface area contributed by atoms with E-state index in [4.69, 9.17) is 16.3 Å². The lowest BCUT2D eigenvalue weighted by molar-refractivity contribution is 0.0587. The molecule has 0 aliphatic heterocycles. The topological polar surface area (TPSA) is 78.8 Å². The number of benzene rings is 1. The molecule has 0 aliphatic rings. The van der Waals surface area contributed by atoms with E-state index in [9.17, 15) is 15.0 Å². The van der Waals surface area contributed by atoms with Gasteiger partial charge in [0.1, 0.15) is 5.75 Å². The predicted molar refractivity (Wildman–Crippen MR) is 67.9 cm³/mol. The number of carbonyl (C=O) groups is 1. The Balaban J connectivity index is 2.45. The van der Waals surface area contributed by atoms with Crippen LogP contribution in [-0.2, 0) is 4.74 Å². The van der Waals surface area contributed by atoms with Gasteiger partial charge in [-0.3, -0.25) is 4.79 Å². The molecule has 0 bridgehead atoms. The van der Waals surface area contributed by atoms with Gasteiger partial charge in [-0.05, 0) is 24.6 Å². The van der Waals surface area contributed by atoms with E-state index in [0.29, 0.717) is 18.0 Å². The van der Waals surface area contributed by atoms with Crippen molar-refractivity contribution in [3.05, 3.63) is 28.8 Å². The molecule has 1 rings (SSSR count). The van der Waals surface area contributed by atoms with Gasteiger partial charge in [-0.1, -0.05) is 11.6 Å². The minimum absolute atomic E-state index is 0.153. The van der Waals surface area contributed by atoms with Gasteiger partial charge in [-0.25, -0.2) is 0 Å². The first kappa shape index (κ1) is 14.8. The van der Waals surface area contributed by atoms with Gasteiger partial charge in [0, 0.05) is 18.7 Å². The standard InChI is InChI=1S/C12H16ClNO4/c1-18-7-9(15)4-5-14-12(17)10-3-2-8(13)6-11(10)16/h2-3,6,9,15-16H,4-5,7H2,1H3,(H,14,17). The van der Waals surface area contributed by atoms with Crippen LogP contribution < -0.4 is 5.32 Å². The number of carbonyl (C=O) groups excluding carboxylic acids is 1. The Hall–Kier alpha value is -1.30. The van der Waals surface area contributed by atoms with Crippen LogP contribution in [0, 0.1) is 0 Å². The van der Waals surface area contributed by atoms with Crippen LogP contribution in [0.1, 0.15) is 16.8 Å². The minimum Gasteiger partial charge on any atom is -0.507 e. The zero-order chi connectivity index (χ0) is 13.5. The van der Waals surface area contributed by atoms with E-state index in [1.165, 1.54) is 25.3 Å². The third-order valence-electron chi connectivity index (χ3n) is 2.33. The maximum absolute atomic E-state index is 11.7. The molecule has 0 spiro atoms. The molecule has 0 radical (unpaired) electrons. The molecule has 1 unspecified atom stereocenters. The number of phenolic OH excluding ortho intramolecular Hbond substituents is 1. The van der Waals surface area contributed by atoms with Gasteiger partial charge >= 0.3 is 0 Å². The molecule has 0 saturated heterocycles. The average molecular weight is 274 g/mol. The van der Waals surface area contributed by atoms with E-state index < -0.39 is 12.0 Å². The lowest BCUT2D eigenvalue weighted by Gasteiger charge is -2.10. The van der Waals surface area contributed by atoms with Crippen LogP contribution in [-0.4, -0.2) is 42.5 Å². The van der Waals surface area contributed by atoms with E-state index in [2.05, 4.69) is 5.32 Å². The quantitative estimate of drug-likeness (QED) is 0.727. The van der Waals surface area contributed by atoms with Gasteiger partial charge in [0.25, 0.3) is 5.91 Å². The summed E-state index contributed by atoms with van der Waals surface area (Å²) in [7, 11) is 1.49. The number of methoxy groups -OCH3 is 1. The molecule has 0 aromatic heterocycles. The molecule has 1 atom stereocenters.